The minimum absolute atomic E-state index is 0.0756. The van der Waals surface area contributed by atoms with Crippen LogP contribution in [-0.4, -0.2) is 28.5 Å². The molecule has 2 aromatic rings. The topological polar surface area (TPSA) is 84.5 Å². The van der Waals surface area contributed by atoms with Crippen molar-refractivity contribution in [2.75, 3.05) is 18.9 Å². The second-order valence-electron chi connectivity index (χ2n) is 4.97. The summed E-state index contributed by atoms with van der Waals surface area (Å²) in [5.41, 5.74) is 0.946. The molecule has 0 aromatic heterocycles. The van der Waals surface area contributed by atoms with E-state index in [0.29, 0.717) is 16.3 Å². The van der Waals surface area contributed by atoms with Gasteiger partial charge in [-0.1, -0.05) is 23.7 Å². The summed E-state index contributed by atoms with van der Waals surface area (Å²) in [5.74, 6) is 0.115. The highest BCUT2D eigenvalue weighted by molar-refractivity contribution is 7.92. The molecular weight excluding hydrogens is 364 g/mol. The lowest BCUT2D eigenvalue weighted by atomic mass is 10.2. The molecule has 2 aromatic carbocycles. The van der Waals surface area contributed by atoms with Gasteiger partial charge in [-0.15, -0.1) is 0 Å². The van der Waals surface area contributed by atoms with Crippen molar-refractivity contribution in [3.63, 3.8) is 0 Å². The van der Waals surface area contributed by atoms with Crippen LogP contribution in [0.25, 0.3) is 6.08 Å². The summed E-state index contributed by atoms with van der Waals surface area (Å²) in [6.07, 6.45) is 2.95. The Bertz CT molecular complexity index is 893. The average molecular weight is 381 g/mol. The van der Waals surface area contributed by atoms with E-state index in [2.05, 4.69) is 10.0 Å². The normalized spacial score (nSPS) is 11.3. The Morgan fingerprint density at radius 1 is 1.16 bits per heavy atom. The molecule has 6 nitrogen and oxygen atoms in total. The first kappa shape index (κ1) is 18.8. The van der Waals surface area contributed by atoms with E-state index < -0.39 is 10.0 Å². The fourth-order valence-electron chi connectivity index (χ4n) is 1.98. The molecule has 0 heterocycles. The molecule has 132 valence electrons. The highest BCUT2D eigenvalue weighted by Crippen LogP contribution is 2.29. The Morgan fingerprint density at radius 2 is 1.84 bits per heavy atom. The number of halogens is 1. The van der Waals surface area contributed by atoms with Crippen LogP contribution in [0.15, 0.2) is 53.4 Å². The summed E-state index contributed by atoms with van der Waals surface area (Å²) in [5, 5.41) is 2.84. The highest BCUT2D eigenvalue weighted by Gasteiger charge is 2.16. The molecule has 0 saturated carbocycles. The predicted molar refractivity (Wildman–Crippen MR) is 98.4 cm³/mol. The van der Waals surface area contributed by atoms with Gasteiger partial charge >= 0.3 is 0 Å². The molecule has 2 N–H and O–H groups in total. The average Bonchev–Trinajstić information content (AvgIpc) is 2.60. The summed E-state index contributed by atoms with van der Waals surface area (Å²) in [6, 6.07) is 10.7. The fraction of sp³-hybridized carbons (Fsp3) is 0.118. The van der Waals surface area contributed by atoms with Crippen molar-refractivity contribution >= 4 is 39.3 Å². The van der Waals surface area contributed by atoms with Crippen molar-refractivity contribution in [2.24, 2.45) is 0 Å². The zero-order valence-corrected chi connectivity index (χ0v) is 15.2. The van der Waals surface area contributed by atoms with Crippen molar-refractivity contribution < 1.29 is 17.9 Å². The zero-order valence-electron chi connectivity index (χ0n) is 13.6. The number of rotatable bonds is 6. The first-order valence-electron chi connectivity index (χ1n) is 7.22. The van der Waals surface area contributed by atoms with Crippen LogP contribution in [0, 0.1) is 0 Å². The number of hydrogen-bond donors (Lipinski definition) is 2. The molecule has 0 saturated heterocycles. The molecular formula is C17H17ClN2O4S. The third kappa shape index (κ3) is 4.98. The Morgan fingerprint density at radius 3 is 2.44 bits per heavy atom. The lowest BCUT2D eigenvalue weighted by Gasteiger charge is -2.12. The van der Waals surface area contributed by atoms with Crippen LogP contribution in [0.3, 0.4) is 0 Å². The largest absolute Gasteiger partial charge is 0.495 e. The summed E-state index contributed by atoms with van der Waals surface area (Å²) in [4.78, 5) is 11.3. The molecule has 0 atom stereocenters. The van der Waals surface area contributed by atoms with Crippen LogP contribution < -0.4 is 14.8 Å². The van der Waals surface area contributed by atoms with Crippen molar-refractivity contribution in [1.82, 2.24) is 5.32 Å². The number of benzene rings is 2. The third-order valence-corrected chi connectivity index (χ3v) is 4.89. The van der Waals surface area contributed by atoms with Crippen LogP contribution in [0.5, 0.6) is 5.75 Å². The first-order chi connectivity index (χ1) is 11.9. The molecule has 0 aliphatic heterocycles. The van der Waals surface area contributed by atoms with Crippen LogP contribution in [0.2, 0.25) is 5.02 Å². The van der Waals surface area contributed by atoms with Gasteiger partial charge in [0.1, 0.15) is 5.75 Å². The molecule has 0 fully saturated rings. The predicted octanol–water partition coefficient (Wildman–Crippen LogP) is 2.91. The summed E-state index contributed by atoms with van der Waals surface area (Å²) < 4.78 is 32.6. The van der Waals surface area contributed by atoms with Crippen LogP contribution in [0.4, 0.5) is 5.69 Å². The number of carbonyl (C=O) groups excluding carboxylic acids is 1. The molecule has 0 bridgehead atoms. The summed E-state index contributed by atoms with van der Waals surface area (Å²) >= 11 is 5.91. The second kappa shape index (κ2) is 8.04. The standard InChI is InChI=1S/C17H17ClN2O4S/c1-19-17(21)10-5-12-3-7-14(8-4-12)25(22,23)20-15-11-13(18)6-9-16(15)24-2/h3-11,20H,1-2H3,(H,19,21)/b10-5+. The number of likely N-dealkylation sites (N-methyl/N-ethyl adjacent to an activating group) is 1. The molecule has 0 aliphatic rings. The van der Waals surface area contributed by atoms with Crippen LogP contribution >= 0.6 is 11.6 Å². The van der Waals surface area contributed by atoms with E-state index in [4.69, 9.17) is 16.3 Å². The number of carbonyl (C=O) groups is 1. The molecule has 25 heavy (non-hydrogen) atoms. The SMILES string of the molecule is CNC(=O)/C=C/c1ccc(S(=O)(=O)Nc2cc(Cl)ccc2OC)cc1. The molecule has 2 rings (SSSR count). The molecule has 0 spiro atoms. The van der Waals surface area contributed by atoms with Crippen molar-refractivity contribution in [1.29, 1.82) is 0 Å². The van der Waals surface area contributed by atoms with Crippen molar-refractivity contribution in [3.05, 3.63) is 59.1 Å². The van der Waals surface area contributed by atoms with Gasteiger partial charge in [0.15, 0.2) is 0 Å². The van der Waals surface area contributed by atoms with Gasteiger partial charge < -0.3 is 10.1 Å². The Hall–Kier alpha value is -2.51. The smallest absolute Gasteiger partial charge is 0.262 e. The maximum Gasteiger partial charge on any atom is 0.262 e. The van der Waals surface area contributed by atoms with Gasteiger partial charge in [0.2, 0.25) is 5.91 Å². The van der Waals surface area contributed by atoms with Gasteiger partial charge in [0.05, 0.1) is 17.7 Å². The van der Waals surface area contributed by atoms with Gasteiger partial charge in [-0.25, -0.2) is 8.42 Å². The number of methoxy groups -OCH3 is 1. The monoisotopic (exact) mass is 380 g/mol. The zero-order chi connectivity index (χ0) is 18.4. The Balaban J connectivity index is 2.24. The minimum Gasteiger partial charge on any atom is -0.495 e. The van der Waals surface area contributed by atoms with E-state index in [-0.39, 0.29) is 16.5 Å². The second-order valence-corrected chi connectivity index (χ2v) is 7.09. The Kier molecular flexibility index (Phi) is 6.06. The maximum atomic E-state index is 12.5. The van der Waals surface area contributed by atoms with Gasteiger partial charge in [0.25, 0.3) is 10.0 Å². The van der Waals surface area contributed by atoms with E-state index in [0.717, 1.165) is 0 Å². The number of nitrogens with one attached hydrogen (secondary N) is 2. The van der Waals surface area contributed by atoms with E-state index in [9.17, 15) is 13.2 Å². The molecule has 8 heteroatoms. The summed E-state index contributed by atoms with van der Waals surface area (Å²) in [6.45, 7) is 0. The first-order valence-corrected chi connectivity index (χ1v) is 9.08. The molecule has 0 unspecified atom stereocenters. The lowest BCUT2D eigenvalue weighted by Crippen LogP contribution is -2.14. The van der Waals surface area contributed by atoms with Crippen molar-refractivity contribution in [2.45, 2.75) is 4.90 Å². The van der Waals surface area contributed by atoms with E-state index >= 15 is 0 Å². The number of hydrogen-bond acceptors (Lipinski definition) is 4. The summed E-state index contributed by atoms with van der Waals surface area (Å²) in [7, 11) is -0.842. The number of anilines is 1. The van der Waals surface area contributed by atoms with Crippen LogP contribution in [0.1, 0.15) is 5.56 Å². The maximum absolute atomic E-state index is 12.5. The van der Waals surface area contributed by atoms with E-state index in [1.807, 2.05) is 0 Å². The highest BCUT2D eigenvalue weighted by atomic mass is 35.5. The van der Waals surface area contributed by atoms with E-state index in [1.54, 1.807) is 30.3 Å². The number of sulfonamides is 1. The number of amides is 1. The quantitative estimate of drug-likeness (QED) is 0.754. The van der Waals surface area contributed by atoms with Gasteiger partial charge in [0, 0.05) is 18.1 Å². The molecule has 1 amide bonds. The molecule has 0 radical (unpaired) electrons. The van der Waals surface area contributed by atoms with Gasteiger partial charge in [-0.3, -0.25) is 9.52 Å². The third-order valence-electron chi connectivity index (χ3n) is 3.27. The molecule has 0 aliphatic carbocycles. The van der Waals surface area contributed by atoms with Crippen LogP contribution in [-0.2, 0) is 14.8 Å². The van der Waals surface area contributed by atoms with Gasteiger partial charge in [-0.05, 0) is 42.0 Å². The number of ether oxygens (including phenoxy) is 1. The lowest BCUT2D eigenvalue weighted by molar-refractivity contribution is -0.115. The fourth-order valence-corrected chi connectivity index (χ4v) is 3.21. The Labute approximate surface area is 151 Å². The minimum atomic E-state index is -3.81. The van der Waals surface area contributed by atoms with Gasteiger partial charge in [-0.2, -0.15) is 0 Å². The van der Waals surface area contributed by atoms with E-state index in [1.165, 1.54) is 38.4 Å². The van der Waals surface area contributed by atoms with Crippen molar-refractivity contribution in [3.8, 4) is 5.75 Å².